The Labute approximate surface area is 126 Å². The topological polar surface area (TPSA) is 37.4 Å². The number of carbonyl (C=O) groups excluding carboxylic acids is 2. The number of benzene rings is 1. The van der Waals surface area contributed by atoms with Gasteiger partial charge in [0.1, 0.15) is 0 Å². The third-order valence-corrected chi connectivity index (χ3v) is 5.91. The van der Waals surface area contributed by atoms with E-state index in [9.17, 15) is 9.59 Å². The number of ketones is 1. The molecule has 1 aliphatic heterocycles. The van der Waals surface area contributed by atoms with Crippen molar-refractivity contribution in [3.05, 3.63) is 28.2 Å². The molecule has 3 atom stereocenters. The van der Waals surface area contributed by atoms with Crippen LogP contribution in [0.4, 0.5) is 5.69 Å². The monoisotopic (exact) mass is 333 g/mol. The van der Waals surface area contributed by atoms with Crippen molar-refractivity contribution in [2.75, 3.05) is 11.4 Å². The number of amides is 1. The molecule has 0 aromatic heterocycles. The van der Waals surface area contributed by atoms with Gasteiger partial charge in [-0.1, -0.05) is 12.5 Å². The van der Waals surface area contributed by atoms with Crippen molar-refractivity contribution in [2.45, 2.75) is 25.7 Å². The molecule has 4 rings (SSSR count). The van der Waals surface area contributed by atoms with E-state index < -0.39 is 0 Å². The van der Waals surface area contributed by atoms with Crippen LogP contribution in [0.15, 0.2) is 22.7 Å². The van der Waals surface area contributed by atoms with Crippen LogP contribution in [0.1, 0.15) is 36.0 Å². The van der Waals surface area contributed by atoms with Gasteiger partial charge < -0.3 is 4.90 Å². The molecule has 3 aliphatic rings. The Morgan fingerprint density at radius 3 is 2.75 bits per heavy atom. The number of carbonyl (C=O) groups is 2. The molecule has 0 saturated heterocycles. The standard InChI is InChI=1S/C16H16BrNO2/c17-12-2-1-3-13-14(12)15(19)16(20)18(13)8-11-7-9-4-5-10(11)6-9/h1-3,9-11H,4-8H2. The van der Waals surface area contributed by atoms with Crippen molar-refractivity contribution < 1.29 is 9.59 Å². The summed E-state index contributed by atoms with van der Waals surface area (Å²) >= 11 is 3.39. The van der Waals surface area contributed by atoms with Gasteiger partial charge in [-0.2, -0.15) is 0 Å². The summed E-state index contributed by atoms with van der Waals surface area (Å²) in [6.45, 7) is 0.717. The molecule has 0 radical (unpaired) electrons. The third kappa shape index (κ3) is 1.70. The van der Waals surface area contributed by atoms with E-state index in [1.807, 2.05) is 18.2 Å². The second kappa shape index (κ2) is 4.42. The van der Waals surface area contributed by atoms with E-state index in [1.165, 1.54) is 25.7 Å². The van der Waals surface area contributed by atoms with E-state index in [0.29, 0.717) is 11.5 Å². The normalized spacial score (nSPS) is 31.2. The fraction of sp³-hybridized carbons (Fsp3) is 0.500. The third-order valence-electron chi connectivity index (χ3n) is 5.25. The Kier molecular flexibility index (Phi) is 2.78. The zero-order chi connectivity index (χ0) is 13.9. The summed E-state index contributed by atoms with van der Waals surface area (Å²) in [7, 11) is 0. The molecule has 4 heteroatoms. The molecule has 0 N–H and O–H groups in total. The van der Waals surface area contributed by atoms with Crippen LogP contribution in [0.5, 0.6) is 0 Å². The molecule has 20 heavy (non-hydrogen) atoms. The van der Waals surface area contributed by atoms with Crippen molar-refractivity contribution >= 4 is 33.3 Å². The summed E-state index contributed by atoms with van der Waals surface area (Å²) in [6.07, 6.45) is 5.21. The summed E-state index contributed by atoms with van der Waals surface area (Å²) in [4.78, 5) is 26.1. The molecule has 3 unspecified atom stereocenters. The van der Waals surface area contributed by atoms with Crippen molar-refractivity contribution in [1.82, 2.24) is 0 Å². The summed E-state index contributed by atoms with van der Waals surface area (Å²) in [5.41, 5.74) is 1.33. The Balaban J connectivity index is 1.65. The van der Waals surface area contributed by atoms with Crippen LogP contribution in [0.2, 0.25) is 0 Å². The number of anilines is 1. The van der Waals surface area contributed by atoms with Crippen LogP contribution < -0.4 is 4.90 Å². The Bertz CT molecular complexity index is 612. The highest BCUT2D eigenvalue weighted by molar-refractivity contribution is 9.10. The van der Waals surface area contributed by atoms with Crippen LogP contribution >= 0.6 is 15.9 Å². The fourth-order valence-electron chi connectivity index (χ4n) is 4.32. The first kappa shape index (κ1) is 12.6. The Morgan fingerprint density at radius 2 is 2.05 bits per heavy atom. The highest BCUT2D eigenvalue weighted by Crippen LogP contribution is 2.49. The van der Waals surface area contributed by atoms with Gasteiger partial charge in [0.05, 0.1) is 11.3 Å². The maximum absolute atomic E-state index is 12.3. The molecule has 2 aliphatic carbocycles. The van der Waals surface area contributed by atoms with E-state index in [-0.39, 0.29) is 11.7 Å². The van der Waals surface area contributed by atoms with E-state index in [1.54, 1.807) is 4.90 Å². The second-order valence-electron chi connectivity index (χ2n) is 6.31. The molecule has 104 valence electrons. The van der Waals surface area contributed by atoms with Gasteiger partial charge in [0.25, 0.3) is 11.7 Å². The minimum Gasteiger partial charge on any atom is -0.304 e. The molecular formula is C16H16BrNO2. The molecule has 1 aromatic carbocycles. The first-order chi connectivity index (χ1) is 9.65. The lowest BCUT2D eigenvalue weighted by Crippen LogP contribution is -2.36. The lowest BCUT2D eigenvalue weighted by atomic mass is 9.88. The summed E-state index contributed by atoms with van der Waals surface area (Å²) in [5, 5.41) is 0. The summed E-state index contributed by atoms with van der Waals surface area (Å²) < 4.78 is 0.726. The average molecular weight is 334 g/mol. The van der Waals surface area contributed by atoms with Gasteiger partial charge in [-0.3, -0.25) is 9.59 Å². The number of fused-ring (bicyclic) bond motifs is 3. The van der Waals surface area contributed by atoms with Gasteiger partial charge in [0, 0.05) is 11.0 Å². The van der Waals surface area contributed by atoms with Gasteiger partial charge in [0.2, 0.25) is 0 Å². The molecule has 1 heterocycles. The van der Waals surface area contributed by atoms with Crippen molar-refractivity contribution in [2.24, 2.45) is 17.8 Å². The molecule has 3 nitrogen and oxygen atoms in total. The average Bonchev–Trinajstić information content (AvgIpc) is 3.10. The number of nitrogens with zero attached hydrogens (tertiary/aromatic N) is 1. The first-order valence-electron chi connectivity index (χ1n) is 7.30. The number of hydrogen-bond acceptors (Lipinski definition) is 2. The van der Waals surface area contributed by atoms with Gasteiger partial charge in [-0.15, -0.1) is 0 Å². The number of Topliss-reactive ketones (excluding diaryl/α,β-unsaturated/α-hetero) is 1. The minimum absolute atomic E-state index is 0.352. The van der Waals surface area contributed by atoms with E-state index in [2.05, 4.69) is 15.9 Å². The molecule has 0 spiro atoms. The largest absolute Gasteiger partial charge is 0.304 e. The van der Waals surface area contributed by atoms with Crippen molar-refractivity contribution in [1.29, 1.82) is 0 Å². The second-order valence-corrected chi connectivity index (χ2v) is 7.17. The maximum Gasteiger partial charge on any atom is 0.299 e. The number of rotatable bonds is 2. The SMILES string of the molecule is O=C1C(=O)N(CC2CC3CCC2C3)c2cccc(Br)c21. The van der Waals surface area contributed by atoms with Gasteiger partial charge in [-0.25, -0.2) is 0 Å². The molecule has 1 amide bonds. The summed E-state index contributed by atoms with van der Waals surface area (Å²) in [6, 6.07) is 5.60. The lowest BCUT2D eigenvalue weighted by molar-refractivity contribution is -0.114. The smallest absolute Gasteiger partial charge is 0.299 e. The van der Waals surface area contributed by atoms with Crippen molar-refractivity contribution in [3.8, 4) is 0 Å². The highest BCUT2D eigenvalue weighted by atomic mass is 79.9. The molecule has 2 bridgehead atoms. The van der Waals surface area contributed by atoms with Crippen LogP contribution in [0.3, 0.4) is 0 Å². The number of halogens is 1. The van der Waals surface area contributed by atoms with Crippen LogP contribution in [0, 0.1) is 17.8 Å². The highest BCUT2D eigenvalue weighted by Gasteiger charge is 2.44. The van der Waals surface area contributed by atoms with Gasteiger partial charge >= 0.3 is 0 Å². The van der Waals surface area contributed by atoms with E-state index >= 15 is 0 Å². The number of hydrogen-bond donors (Lipinski definition) is 0. The zero-order valence-electron chi connectivity index (χ0n) is 11.1. The van der Waals surface area contributed by atoms with Gasteiger partial charge in [-0.05, 0) is 65.1 Å². The fourth-order valence-corrected chi connectivity index (χ4v) is 4.85. The Morgan fingerprint density at radius 1 is 1.20 bits per heavy atom. The van der Waals surface area contributed by atoms with Crippen molar-refractivity contribution in [3.63, 3.8) is 0 Å². The lowest BCUT2D eigenvalue weighted by Gasteiger charge is -2.27. The molecule has 2 saturated carbocycles. The van der Waals surface area contributed by atoms with Crippen LogP contribution in [-0.2, 0) is 4.79 Å². The van der Waals surface area contributed by atoms with Crippen LogP contribution in [0.25, 0.3) is 0 Å². The minimum atomic E-state index is -0.365. The predicted molar refractivity (Wildman–Crippen MR) is 79.8 cm³/mol. The maximum atomic E-state index is 12.3. The van der Waals surface area contributed by atoms with E-state index in [0.717, 1.165) is 28.5 Å². The molecule has 2 fully saturated rings. The first-order valence-corrected chi connectivity index (χ1v) is 8.09. The molecule has 1 aromatic rings. The zero-order valence-corrected chi connectivity index (χ0v) is 12.7. The molecular weight excluding hydrogens is 318 g/mol. The Hall–Kier alpha value is -1.16. The summed E-state index contributed by atoms with van der Waals surface area (Å²) in [5.74, 6) is 1.49. The van der Waals surface area contributed by atoms with Gasteiger partial charge in [0.15, 0.2) is 0 Å². The predicted octanol–water partition coefficient (Wildman–Crippen LogP) is 3.41. The van der Waals surface area contributed by atoms with E-state index in [4.69, 9.17) is 0 Å². The van der Waals surface area contributed by atoms with Crippen LogP contribution in [-0.4, -0.2) is 18.2 Å². The quantitative estimate of drug-likeness (QED) is 0.777.